The molecule has 18 heavy (non-hydrogen) atoms. The van der Waals surface area contributed by atoms with Crippen LogP contribution < -0.4 is 17.0 Å². The van der Waals surface area contributed by atoms with E-state index in [4.69, 9.17) is 23.2 Å². The van der Waals surface area contributed by atoms with Gasteiger partial charge in [-0.3, -0.25) is 16.4 Å². The molecule has 96 valence electrons. The maximum absolute atomic E-state index is 13.6. The third-order valence-corrected chi connectivity index (χ3v) is 2.94. The third-order valence-electron chi connectivity index (χ3n) is 2.71. The zero-order valence-corrected chi connectivity index (χ0v) is 10.2. The second-order valence-corrected chi connectivity index (χ2v) is 4.33. The van der Waals surface area contributed by atoms with Gasteiger partial charge in [-0.15, -0.1) is 0 Å². The standard InChI is InChI=1S/C11H13ClFN5/c12-7-1-2-9(13)6(3-7)4-10(17-15)8-5-16-18-11(8)14/h1-3,5,10,17H,4,15H2,(H3,14,16,18). The quantitative estimate of drug-likeness (QED) is 0.500. The van der Waals surface area contributed by atoms with Crippen LogP contribution in [0.25, 0.3) is 0 Å². The number of halogens is 2. The minimum atomic E-state index is -0.336. The van der Waals surface area contributed by atoms with Crippen molar-refractivity contribution in [3.8, 4) is 0 Å². The highest BCUT2D eigenvalue weighted by atomic mass is 35.5. The van der Waals surface area contributed by atoms with Crippen LogP contribution in [0.3, 0.4) is 0 Å². The van der Waals surface area contributed by atoms with Crippen LogP contribution in [0.15, 0.2) is 24.4 Å². The summed E-state index contributed by atoms with van der Waals surface area (Å²) in [5, 5.41) is 6.89. The summed E-state index contributed by atoms with van der Waals surface area (Å²) in [7, 11) is 0. The Kier molecular flexibility index (Phi) is 3.81. The maximum atomic E-state index is 13.6. The minimum absolute atomic E-state index is 0.326. The molecule has 0 bridgehead atoms. The molecule has 1 heterocycles. The van der Waals surface area contributed by atoms with Gasteiger partial charge in [0.2, 0.25) is 0 Å². The van der Waals surface area contributed by atoms with E-state index in [9.17, 15) is 4.39 Å². The maximum Gasteiger partial charge on any atom is 0.126 e. The van der Waals surface area contributed by atoms with Gasteiger partial charge in [0.25, 0.3) is 0 Å². The van der Waals surface area contributed by atoms with E-state index in [0.29, 0.717) is 28.4 Å². The molecule has 0 spiro atoms. The van der Waals surface area contributed by atoms with Crippen molar-refractivity contribution in [3.05, 3.63) is 46.4 Å². The highest BCUT2D eigenvalue weighted by Crippen LogP contribution is 2.24. The number of aromatic nitrogens is 2. The Morgan fingerprint density at radius 3 is 2.89 bits per heavy atom. The van der Waals surface area contributed by atoms with Crippen molar-refractivity contribution in [2.24, 2.45) is 5.84 Å². The van der Waals surface area contributed by atoms with Crippen molar-refractivity contribution in [2.75, 3.05) is 5.73 Å². The molecule has 0 aliphatic carbocycles. The lowest BCUT2D eigenvalue weighted by molar-refractivity contribution is 0.530. The number of nitrogens with one attached hydrogen (secondary N) is 2. The molecule has 2 aromatic rings. The van der Waals surface area contributed by atoms with Crippen LogP contribution in [-0.4, -0.2) is 10.2 Å². The fraction of sp³-hybridized carbons (Fsp3) is 0.182. The number of H-pyrrole nitrogens is 1. The Morgan fingerprint density at radius 1 is 1.50 bits per heavy atom. The molecule has 1 atom stereocenters. The van der Waals surface area contributed by atoms with Gasteiger partial charge in [-0.05, 0) is 30.2 Å². The van der Waals surface area contributed by atoms with Crippen LogP contribution in [-0.2, 0) is 6.42 Å². The molecular weight excluding hydrogens is 257 g/mol. The number of hydrogen-bond donors (Lipinski definition) is 4. The SMILES string of the molecule is NNC(Cc1cc(Cl)ccc1F)c1cn[nH]c1N. The fourth-order valence-corrected chi connectivity index (χ4v) is 1.96. The molecule has 1 unspecified atom stereocenters. The van der Waals surface area contributed by atoms with E-state index in [1.807, 2.05) is 0 Å². The number of nitrogen functional groups attached to an aromatic ring is 1. The van der Waals surface area contributed by atoms with Gasteiger partial charge in [-0.2, -0.15) is 5.10 Å². The first kappa shape index (κ1) is 12.8. The fourth-order valence-electron chi connectivity index (χ4n) is 1.76. The topological polar surface area (TPSA) is 92.7 Å². The number of aromatic amines is 1. The molecule has 0 saturated heterocycles. The Morgan fingerprint density at radius 2 is 2.28 bits per heavy atom. The van der Waals surface area contributed by atoms with Crippen LogP contribution >= 0.6 is 11.6 Å². The van der Waals surface area contributed by atoms with E-state index >= 15 is 0 Å². The van der Waals surface area contributed by atoms with Crippen molar-refractivity contribution in [1.29, 1.82) is 0 Å². The Bertz CT molecular complexity index is 542. The first-order valence-electron chi connectivity index (χ1n) is 5.30. The van der Waals surface area contributed by atoms with Gasteiger partial charge < -0.3 is 5.73 Å². The lowest BCUT2D eigenvalue weighted by Crippen LogP contribution is -2.30. The van der Waals surface area contributed by atoms with Gasteiger partial charge in [-0.25, -0.2) is 4.39 Å². The molecule has 0 fully saturated rings. The van der Waals surface area contributed by atoms with E-state index in [2.05, 4.69) is 15.6 Å². The van der Waals surface area contributed by atoms with Gasteiger partial charge >= 0.3 is 0 Å². The van der Waals surface area contributed by atoms with Crippen LogP contribution in [0.2, 0.25) is 5.02 Å². The zero-order valence-electron chi connectivity index (χ0n) is 9.45. The first-order chi connectivity index (χ1) is 8.61. The van der Waals surface area contributed by atoms with Crippen molar-refractivity contribution < 1.29 is 4.39 Å². The van der Waals surface area contributed by atoms with Gasteiger partial charge in [0, 0.05) is 10.6 Å². The number of hydrogen-bond acceptors (Lipinski definition) is 4. The second-order valence-electron chi connectivity index (χ2n) is 3.90. The normalized spacial score (nSPS) is 12.6. The van der Waals surface area contributed by atoms with Gasteiger partial charge in [0.1, 0.15) is 11.6 Å². The third kappa shape index (κ3) is 2.61. The van der Waals surface area contributed by atoms with E-state index in [-0.39, 0.29) is 11.9 Å². The molecule has 2 rings (SSSR count). The zero-order chi connectivity index (χ0) is 13.1. The number of rotatable bonds is 4. The number of hydrazine groups is 1. The lowest BCUT2D eigenvalue weighted by atomic mass is 10.0. The van der Waals surface area contributed by atoms with Crippen molar-refractivity contribution in [1.82, 2.24) is 15.6 Å². The van der Waals surface area contributed by atoms with Gasteiger partial charge in [0.05, 0.1) is 12.2 Å². The summed E-state index contributed by atoms with van der Waals surface area (Å²) in [6, 6.07) is 4.05. The summed E-state index contributed by atoms with van der Waals surface area (Å²) in [5.41, 5.74) is 9.45. The summed E-state index contributed by atoms with van der Waals surface area (Å²) < 4.78 is 13.6. The Hall–Kier alpha value is -1.63. The molecule has 0 radical (unpaired) electrons. The molecule has 0 aliphatic rings. The molecule has 6 N–H and O–H groups in total. The Balaban J connectivity index is 2.26. The predicted octanol–water partition coefficient (Wildman–Crippen LogP) is 1.53. The average molecular weight is 270 g/mol. The highest BCUT2D eigenvalue weighted by Gasteiger charge is 2.17. The highest BCUT2D eigenvalue weighted by molar-refractivity contribution is 6.30. The minimum Gasteiger partial charge on any atom is -0.384 e. The van der Waals surface area contributed by atoms with Crippen molar-refractivity contribution >= 4 is 17.4 Å². The van der Waals surface area contributed by atoms with Crippen molar-refractivity contribution in [2.45, 2.75) is 12.5 Å². The summed E-state index contributed by atoms with van der Waals surface area (Å²) in [4.78, 5) is 0. The van der Waals surface area contributed by atoms with E-state index in [1.54, 1.807) is 12.3 Å². The smallest absolute Gasteiger partial charge is 0.126 e. The van der Waals surface area contributed by atoms with Crippen LogP contribution in [0.1, 0.15) is 17.2 Å². The summed E-state index contributed by atoms with van der Waals surface area (Å²) in [6.07, 6.45) is 1.88. The number of nitrogens with zero attached hydrogens (tertiary/aromatic N) is 1. The molecule has 0 amide bonds. The number of benzene rings is 1. The number of nitrogens with two attached hydrogens (primary N) is 2. The van der Waals surface area contributed by atoms with Crippen molar-refractivity contribution in [3.63, 3.8) is 0 Å². The molecule has 0 aliphatic heterocycles. The molecule has 0 saturated carbocycles. The summed E-state index contributed by atoms with van der Waals surface area (Å²) >= 11 is 5.84. The molecule has 5 nitrogen and oxygen atoms in total. The van der Waals surface area contributed by atoms with E-state index in [0.717, 1.165) is 0 Å². The average Bonchev–Trinajstić information content (AvgIpc) is 2.77. The summed E-state index contributed by atoms with van der Waals surface area (Å²) in [6.45, 7) is 0. The monoisotopic (exact) mass is 269 g/mol. The first-order valence-corrected chi connectivity index (χ1v) is 5.68. The molecular formula is C11H13ClFN5. The van der Waals surface area contributed by atoms with Gasteiger partial charge in [-0.1, -0.05) is 11.6 Å². The largest absolute Gasteiger partial charge is 0.384 e. The van der Waals surface area contributed by atoms with E-state index in [1.165, 1.54) is 12.1 Å². The summed E-state index contributed by atoms with van der Waals surface area (Å²) in [5.74, 6) is 5.54. The van der Waals surface area contributed by atoms with Gasteiger partial charge in [0.15, 0.2) is 0 Å². The predicted molar refractivity (Wildman–Crippen MR) is 68.2 cm³/mol. The second kappa shape index (κ2) is 5.34. The van der Waals surface area contributed by atoms with Crippen LogP contribution in [0.5, 0.6) is 0 Å². The molecule has 1 aromatic heterocycles. The number of anilines is 1. The molecule has 7 heteroatoms. The lowest BCUT2D eigenvalue weighted by Gasteiger charge is -2.15. The van der Waals surface area contributed by atoms with Crippen LogP contribution in [0, 0.1) is 5.82 Å². The molecule has 1 aromatic carbocycles. The Labute approximate surface area is 108 Å². The van der Waals surface area contributed by atoms with Crippen LogP contribution in [0.4, 0.5) is 10.2 Å². The van der Waals surface area contributed by atoms with E-state index < -0.39 is 0 Å².